The molecule has 0 spiro atoms. The van der Waals surface area contributed by atoms with Crippen molar-refractivity contribution >= 4 is 22.6 Å². The smallest absolute Gasteiger partial charge is 0.323 e. The van der Waals surface area contributed by atoms with Crippen molar-refractivity contribution in [3.8, 4) is 5.75 Å². The Morgan fingerprint density at radius 1 is 1.17 bits per heavy atom. The van der Waals surface area contributed by atoms with Crippen LogP contribution >= 0.6 is 0 Å². The lowest BCUT2D eigenvalue weighted by Crippen LogP contribution is -2.38. The van der Waals surface area contributed by atoms with Gasteiger partial charge in [0, 0.05) is 13.7 Å². The number of carboxylic acid groups (broad SMARTS) is 1. The Labute approximate surface area is 140 Å². The number of fused-ring (bicyclic) bond motifs is 1. The number of amides is 1. The van der Waals surface area contributed by atoms with Gasteiger partial charge in [-0.25, -0.2) is 0 Å². The molecule has 0 fully saturated rings. The van der Waals surface area contributed by atoms with E-state index < -0.39 is 5.97 Å². The fourth-order valence-corrected chi connectivity index (χ4v) is 2.53. The fourth-order valence-electron chi connectivity index (χ4n) is 2.53. The second-order valence-corrected chi connectivity index (χ2v) is 5.38. The molecule has 0 saturated carbocycles. The number of nitrogens with zero attached hydrogens (tertiary/aromatic N) is 1. The van der Waals surface area contributed by atoms with E-state index in [1.165, 1.54) is 12.0 Å². The van der Waals surface area contributed by atoms with Crippen LogP contribution in [-0.4, -0.2) is 55.8 Å². The number of hydrogen-bond donors (Lipinski definition) is 1. The summed E-state index contributed by atoms with van der Waals surface area (Å²) in [6, 6.07) is 11.4. The first-order valence-electron chi connectivity index (χ1n) is 7.59. The first-order valence-corrected chi connectivity index (χ1v) is 7.59. The van der Waals surface area contributed by atoms with Crippen LogP contribution in [0.1, 0.15) is 5.56 Å². The van der Waals surface area contributed by atoms with Crippen LogP contribution in [-0.2, 0) is 20.7 Å². The minimum atomic E-state index is -1.04. The summed E-state index contributed by atoms with van der Waals surface area (Å²) in [5.41, 5.74) is 0.837. The average Bonchev–Trinajstić information content (AvgIpc) is 2.58. The van der Waals surface area contributed by atoms with E-state index in [0.717, 1.165) is 16.3 Å². The Bertz CT molecular complexity index is 728. The summed E-state index contributed by atoms with van der Waals surface area (Å²) in [7, 11) is 3.11. The van der Waals surface area contributed by atoms with Crippen molar-refractivity contribution in [3.05, 3.63) is 42.0 Å². The molecule has 0 aliphatic carbocycles. The van der Waals surface area contributed by atoms with Gasteiger partial charge in [-0.3, -0.25) is 9.59 Å². The molecule has 0 radical (unpaired) electrons. The minimum Gasteiger partial charge on any atom is -0.497 e. The maximum absolute atomic E-state index is 12.5. The quantitative estimate of drug-likeness (QED) is 0.800. The highest BCUT2D eigenvalue weighted by Crippen LogP contribution is 2.24. The summed E-state index contributed by atoms with van der Waals surface area (Å²) >= 11 is 0. The van der Waals surface area contributed by atoms with Crippen molar-refractivity contribution in [2.24, 2.45) is 0 Å². The Kier molecular flexibility index (Phi) is 6.14. The zero-order valence-corrected chi connectivity index (χ0v) is 13.8. The number of methoxy groups -OCH3 is 2. The summed E-state index contributed by atoms with van der Waals surface area (Å²) in [5.74, 6) is -0.576. The normalized spacial score (nSPS) is 10.6. The molecular weight excluding hydrogens is 310 g/mol. The van der Waals surface area contributed by atoms with Crippen molar-refractivity contribution in [2.75, 3.05) is 33.9 Å². The van der Waals surface area contributed by atoms with Crippen molar-refractivity contribution in [1.29, 1.82) is 0 Å². The van der Waals surface area contributed by atoms with Crippen LogP contribution in [0.2, 0.25) is 0 Å². The van der Waals surface area contributed by atoms with Crippen LogP contribution < -0.4 is 4.74 Å². The van der Waals surface area contributed by atoms with Crippen LogP contribution in [0.3, 0.4) is 0 Å². The number of carbonyl (C=O) groups excluding carboxylic acids is 1. The van der Waals surface area contributed by atoms with Crippen molar-refractivity contribution in [1.82, 2.24) is 4.90 Å². The summed E-state index contributed by atoms with van der Waals surface area (Å²) < 4.78 is 10.2. The number of hydrogen-bond acceptors (Lipinski definition) is 4. The minimum absolute atomic E-state index is 0.126. The number of benzene rings is 2. The van der Waals surface area contributed by atoms with Gasteiger partial charge in [0.25, 0.3) is 0 Å². The summed E-state index contributed by atoms with van der Waals surface area (Å²) in [6.45, 7) is 0.203. The maximum atomic E-state index is 12.5. The van der Waals surface area contributed by atoms with Crippen LogP contribution in [0.15, 0.2) is 36.4 Å². The molecule has 6 nitrogen and oxygen atoms in total. The Hall–Kier alpha value is -2.60. The van der Waals surface area contributed by atoms with Crippen molar-refractivity contribution in [2.45, 2.75) is 6.42 Å². The largest absolute Gasteiger partial charge is 0.497 e. The Morgan fingerprint density at radius 2 is 1.96 bits per heavy atom. The van der Waals surface area contributed by atoms with Crippen molar-refractivity contribution < 1.29 is 24.2 Å². The van der Waals surface area contributed by atoms with Gasteiger partial charge in [-0.2, -0.15) is 0 Å². The van der Waals surface area contributed by atoms with E-state index in [0.29, 0.717) is 12.4 Å². The third-order valence-electron chi connectivity index (χ3n) is 3.77. The van der Waals surface area contributed by atoms with Gasteiger partial charge < -0.3 is 19.5 Å². The molecule has 0 atom stereocenters. The average molecular weight is 331 g/mol. The molecule has 6 heteroatoms. The number of carboxylic acids is 1. The standard InChI is InChI=1S/C18H21NO5/c1-23-9-8-19(12-18(21)22)17(20)10-14-5-3-4-13-6-7-15(24-2)11-16(13)14/h3-7,11H,8-10,12H2,1-2H3,(H,21,22). The van der Waals surface area contributed by atoms with Gasteiger partial charge in [-0.05, 0) is 28.5 Å². The van der Waals surface area contributed by atoms with Gasteiger partial charge in [-0.1, -0.05) is 24.3 Å². The molecule has 0 saturated heterocycles. The zero-order valence-electron chi connectivity index (χ0n) is 13.8. The fraction of sp³-hybridized carbons (Fsp3) is 0.333. The Morgan fingerprint density at radius 3 is 2.62 bits per heavy atom. The summed E-state index contributed by atoms with van der Waals surface area (Å²) in [5, 5.41) is 10.9. The third-order valence-corrected chi connectivity index (χ3v) is 3.77. The molecule has 1 amide bonds. The Balaban J connectivity index is 2.25. The monoisotopic (exact) mass is 331 g/mol. The molecule has 0 aliphatic heterocycles. The lowest BCUT2D eigenvalue weighted by molar-refractivity contribution is -0.144. The number of ether oxygens (including phenoxy) is 2. The summed E-state index contributed by atoms with van der Waals surface area (Å²) in [6.07, 6.45) is 0.126. The molecule has 0 heterocycles. The van der Waals surface area contributed by atoms with E-state index in [9.17, 15) is 9.59 Å². The van der Waals surface area contributed by atoms with Crippen LogP contribution in [0.4, 0.5) is 0 Å². The lowest BCUT2D eigenvalue weighted by Gasteiger charge is -2.20. The van der Waals surface area contributed by atoms with Gasteiger partial charge >= 0.3 is 5.97 Å². The molecule has 1 N–H and O–H groups in total. The third kappa shape index (κ3) is 4.45. The zero-order chi connectivity index (χ0) is 17.5. The molecule has 2 aromatic carbocycles. The van der Waals surface area contributed by atoms with Gasteiger partial charge in [-0.15, -0.1) is 0 Å². The van der Waals surface area contributed by atoms with Crippen LogP contribution in [0, 0.1) is 0 Å². The van der Waals surface area contributed by atoms with Crippen molar-refractivity contribution in [3.63, 3.8) is 0 Å². The SMILES string of the molecule is COCCN(CC(=O)O)C(=O)Cc1cccc2ccc(OC)cc12. The first kappa shape index (κ1) is 17.7. The van der Waals surface area contributed by atoms with E-state index in [1.54, 1.807) is 7.11 Å². The molecule has 2 rings (SSSR count). The predicted molar refractivity (Wildman–Crippen MR) is 90.3 cm³/mol. The van der Waals surface area contributed by atoms with Crippen LogP contribution in [0.5, 0.6) is 5.75 Å². The van der Waals surface area contributed by atoms with Crippen LogP contribution in [0.25, 0.3) is 10.8 Å². The summed E-state index contributed by atoms with van der Waals surface area (Å²) in [4.78, 5) is 24.8. The molecule has 0 bridgehead atoms. The van der Waals surface area contributed by atoms with Gasteiger partial charge in [0.2, 0.25) is 5.91 Å². The highest BCUT2D eigenvalue weighted by molar-refractivity contribution is 5.91. The molecular formula is C18H21NO5. The first-order chi connectivity index (χ1) is 11.5. The van der Waals surface area contributed by atoms with Gasteiger partial charge in [0.05, 0.1) is 20.1 Å². The van der Waals surface area contributed by atoms with E-state index in [1.807, 2.05) is 36.4 Å². The number of carbonyl (C=O) groups is 2. The van der Waals surface area contributed by atoms with E-state index in [-0.39, 0.29) is 25.4 Å². The molecule has 0 aromatic heterocycles. The van der Waals surface area contributed by atoms with Gasteiger partial charge in [0.15, 0.2) is 0 Å². The van der Waals surface area contributed by atoms with E-state index >= 15 is 0 Å². The highest BCUT2D eigenvalue weighted by Gasteiger charge is 2.18. The maximum Gasteiger partial charge on any atom is 0.323 e. The molecule has 0 unspecified atom stereocenters. The lowest BCUT2D eigenvalue weighted by atomic mass is 10.0. The second-order valence-electron chi connectivity index (χ2n) is 5.38. The molecule has 0 aliphatic rings. The molecule has 2 aromatic rings. The predicted octanol–water partition coefficient (Wildman–Crippen LogP) is 1.95. The topological polar surface area (TPSA) is 76.1 Å². The highest BCUT2D eigenvalue weighted by atomic mass is 16.5. The van der Waals surface area contributed by atoms with E-state index in [4.69, 9.17) is 14.6 Å². The number of aliphatic carboxylic acids is 1. The van der Waals surface area contributed by atoms with E-state index in [2.05, 4.69) is 0 Å². The molecule has 24 heavy (non-hydrogen) atoms. The van der Waals surface area contributed by atoms with Gasteiger partial charge in [0.1, 0.15) is 12.3 Å². The molecule has 128 valence electrons. The number of rotatable bonds is 8. The second kappa shape index (κ2) is 8.31.